The van der Waals surface area contributed by atoms with Gasteiger partial charge in [0.25, 0.3) is 10.0 Å². The fourth-order valence-electron chi connectivity index (χ4n) is 3.58. The number of pyridine rings is 1. The predicted octanol–water partition coefficient (Wildman–Crippen LogP) is 5.47. The molecule has 38 heavy (non-hydrogen) atoms. The number of alkyl halides is 3. The van der Waals surface area contributed by atoms with Gasteiger partial charge in [0.05, 0.1) is 10.5 Å². The first-order valence-corrected chi connectivity index (χ1v) is 12.6. The molecule has 0 spiro atoms. The number of carbonyl (C=O) groups is 1. The van der Waals surface area contributed by atoms with Crippen molar-refractivity contribution in [3.05, 3.63) is 102 Å². The molecule has 196 valence electrons. The summed E-state index contributed by atoms with van der Waals surface area (Å²) in [6.45, 7) is 0.253. The lowest BCUT2D eigenvalue weighted by Gasteiger charge is -2.16. The largest absolute Gasteiger partial charge is 0.416 e. The first-order valence-electron chi connectivity index (χ1n) is 11.2. The Morgan fingerprint density at radius 1 is 0.895 bits per heavy atom. The summed E-state index contributed by atoms with van der Waals surface area (Å²) in [6, 6.07) is 17.4. The zero-order chi connectivity index (χ0) is 27.3. The van der Waals surface area contributed by atoms with Gasteiger partial charge in [0, 0.05) is 47.1 Å². The molecule has 0 aliphatic rings. The Balaban J connectivity index is 1.54. The molecule has 0 saturated heterocycles. The number of hydrogen-bond donors (Lipinski definition) is 4. The molecule has 0 unspecified atom stereocenters. The number of hydrogen-bond acceptors (Lipinski definition) is 5. The van der Waals surface area contributed by atoms with Gasteiger partial charge in [-0.3, -0.25) is 9.71 Å². The average Bonchev–Trinajstić information content (AvgIpc) is 2.88. The van der Waals surface area contributed by atoms with Crippen LogP contribution in [0.1, 0.15) is 11.1 Å². The van der Waals surface area contributed by atoms with E-state index in [4.69, 9.17) is 5.73 Å². The van der Waals surface area contributed by atoms with E-state index in [-0.39, 0.29) is 29.0 Å². The second-order valence-electron chi connectivity index (χ2n) is 8.15. The van der Waals surface area contributed by atoms with E-state index in [9.17, 15) is 26.4 Å². The molecule has 0 fully saturated rings. The summed E-state index contributed by atoms with van der Waals surface area (Å²) < 4.78 is 69.1. The molecule has 0 aliphatic heterocycles. The van der Waals surface area contributed by atoms with Crippen LogP contribution >= 0.6 is 0 Å². The number of amides is 2. The zero-order valence-electron chi connectivity index (χ0n) is 19.7. The topological polar surface area (TPSA) is 126 Å². The molecular weight excluding hydrogens is 519 g/mol. The van der Waals surface area contributed by atoms with Crippen LogP contribution in [0, 0.1) is 0 Å². The summed E-state index contributed by atoms with van der Waals surface area (Å²) in [5.74, 6) is 0. The second-order valence-corrected chi connectivity index (χ2v) is 9.80. The van der Waals surface area contributed by atoms with Crippen LogP contribution in [-0.4, -0.2) is 19.4 Å². The fourth-order valence-corrected chi connectivity index (χ4v) is 4.88. The minimum absolute atomic E-state index is 0.0205. The first-order chi connectivity index (χ1) is 18.0. The van der Waals surface area contributed by atoms with Gasteiger partial charge in [-0.25, -0.2) is 13.2 Å². The number of aromatic nitrogens is 1. The smallest absolute Gasteiger partial charge is 0.398 e. The number of carbonyl (C=O) groups excluding carboxylic acids is 1. The van der Waals surface area contributed by atoms with Gasteiger partial charge >= 0.3 is 12.2 Å². The molecule has 1 heterocycles. The van der Waals surface area contributed by atoms with Crippen LogP contribution in [0.5, 0.6) is 0 Å². The molecule has 2 amide bonds. The summed E-state index contributed by atoms with van der Waals surface area (Å²) in [4.78, 5) is 15.5. The summed E-state index contributed by atoms with van der Waals surface area (Å²) >= 11 is 0. The SMILES string of the molecule is Nc1ccccc1-c1ccc(C(F)(F)F)cc1S(=O)(=O)Nc1ccc(NC(=O)NCc2cccnc2)cc1. The van der Waals surface area contributed by atoms with E-state index in [0.29, 0.717) is 11.8 Å². The van der Waals surface area contributed by atoms with Crippen molar-refractivity contribution in [2.24, 2.45) is 0 Å². The number of nitrogens with one attached hydrogen (secondary N) is 3. The Morgan fingerprint density at radius 3 is 2.26 bits per heavy atom. The van der Waals surface area contributed by atoms with Gasteiger partial charge in [0.15, 0.2) is 0 Å². The second kappa shape index (κ2) is 10.8. The molecule has 0 atom stereocenters. The van der Waals surface area contributed by atoms with E-state index in [1.54, 1.807) is 36.7 Å². The third-order valence-electron chi connectivity index (χ3n) is 5.42. The van der Waals surface area contributed by atoms with Gasteiger partial charge < -0.3 is 16.4 Å². The Kier molecular flexibility index (Phi) is 7.53. The van der Waals surface area contributed by atoms with Crippen molar-refractivity contribution in [2.45, 2.75) is 17.6 Å². The maximum Gasteiger partial charge on any atom is 0.416 e. The number of nitrogens with two attached hydrogens (primary N) is 1. The Hall–Kier alpha value is -4.58. The maximum atomic E-state index is 13.4. The quantitative estimate of drug-likeness (QED) is 0.231. The third kappa shape index (κ3) is 6.40. The molecule has 4 aromatic rings. The third-order valence-corrected chi connectivity index (χ3v) is 6.84. The van der Waals surface area contributed by atoms with Crippen LogP contribution in [-0.2, 0) is 22.7 Å². The minimum Gasteiger partial charge on any atom is -0.398 e. The number of halogens is 3. The maximum absolute atomic E-state index is 13.4. The summed E-state index contributed by atoms with van der Waals surface area (Å²) in [5, 5.41) is 5.27. The van der Waals surface area contributed by atoms with Gasteiger partial charge in [-0.2, -0.15) is 13.2 Å². The molecule has 0 radical (unpaired) electrons. The Labute approximate surface area is 216 Å². The van der Waals surface area contributed by atoms with E-state index in [2.05, 4.69) is 20.3 Å². The number of sulfonamides is 1. The van der Waals surface area contributed by atoms with Gasteiger partial charge in [0.1, 0.15) is 0 Å². The molecule has 5 N–H and O–H groups in total. The van der Waals surface area contributed by atoms with Crippen LogP contribution in [0.25, 0.3) is 11.1 Å². The van der Waals surface area contributed by atoms with Crippen LogP contribution < -0.4 is 21.1 Å². The van der Waals surface area contributed by atoms with Crippen molar-refractivity contribution in [3.63, 3.8) is 0 Å². The summed E-state index contributed by atoms with van der Waals surface area (Å²) in [6.07, 6.45) is -1.52. The zero-order valence-corrected chi connectivity index (χ0v) is 20.5. The Bertz CT molecular complexity index is 1540. The van der Waals surface area contributed by atoms with Crippen LogP contribution in [0.4, 0.5) is 35.0 Å². The van der Waals surface area contributed by atoms with Crippen molar-refractivity contribution in [3.8, 4) is 11.1 Å². The average molecular weight is 542 g/mol. The number of nitrogens with zero attached hydrogens (tertiary/aromatic N) is 1. The fraction of sp³-hybridized carbons (Fsp3) is 0.0769. The highest BCUT2D eigenvalue weighted by molar-refractivity contribution is 7.92. The highest BCUT2D eigenvalue weighted by Gasteiger charge is 2.33. The molecule has 0 aliphatic carbocycles. The normalized spacial score (nSPS) is 11.6. The van der Waals surface area contributed by atoms with Crippen molar-refractivity contribution in [1.29, 1.82) is 0 Å². The molecule has 0 bridgehead atoms. The molecule has 12 heteroatoms. The number of rotatable bonds is 7. The summed E-state index contributed by atoms with van der Waals surface area (Å²) in [5.41, 5.74) is 6.61. The van der Waals surface area contributed by atoms with Crippen LogP contribution in [0.15, 0.2) is 96.2 Å². The van der Waals surface area contributed by atoms with E-state index >= 15 is 0 Å². The number of para-hydroxylation sites is 1. The molecule has 0 saturated carbocycles. The number of nitrogen functional groups attached to an aromatic ring is 1. The minimum atomic E-state index is -4.75. The van der Waals surface area contributed by atoms with E-state index in [1.165, 1.54) is 36.4 Å². The van der Waals surface area contributed by atoms with Crippen LogP contribution in [0.2, 0.25) is 0 Å². The highest BCUT2D eigenvalue weighted by Crippen LogP contribution is 2.37. The van der Waals surface area contributed by atoms with Gasteiger partial charge in [-0.1, -0.05) is 30.3 Å². The standard InChI is InChI=1S/C26H22F3N5O3S/c27-26(28,29)18-7-12-22(21-5-1-2-6-23(21)30)24(14-18)38(36,37)34-20-10-8-19(9-11-20)33-25(35)32-16-17-4-3-13-31-15-17/h1-15,34H,16,30H2,(H2,32,33,35). The highest BCUT2D eigenvalue weighted by atomic mass is 32.2. The monoisotopic (exact) mass is 541 g/mol. The number of urea groups is 1. The van der Waals surface area contributed by atoms with Crippen molar-refractivity contribution < 1.29 is 26.4 Å². The molecule has 8 nitrogen and oxygen atoms in total. The van der Waals surface area contributed by atoms with E-state index in [1.807, 2.05) is 0 Å². The predicted molar refractivity (Wildman–Crippen MR) is 139 cm³/mol. The van der Waals surface area contributed by atoms with Gasteiger partial charge in [0.2, 0.25) is 0 Å². The van der Waals surface area contributed by atoms with Crippen molar-refractivity contribution in [1.82, 2.24) is 10.3 Å². The van der Waals surface area contributed by atoms with Crippen LogP contribution in [0.3, 0.4) is 0 Å². The van der Waals surface area contributed by atoms with E-state index < -0.39 is 32.7 Å². The lowest BCUT2D eigenvalue weighted by molar-refractivity contribution is -0.137. The lowest BCUT2D eigenvalue weighted by Crippen LogP contribution is -2.28. The number of anilines is 3. The van der Waals surface area contributed by atoms with Crippen molar-refractivity contribution >= 4 is 33.1 Å². The van der Waals surface area contributed by atoms with Gasteiger partial charge in [-0.15, -0.1) is 0 Å². The molecule has 4 rings (SSSR count). The van der Waals surface area contributed by atoms with Crippen molar-refractivity contribution in [2.75, 3.05) is 15.8 Å². The van der Waals surface area contributed by atoms with E-state index in [0.717, 1.165) is 17.7 Å². The summed E-state index contributed by atoms with van der Waals surface area (Å²) in [7, 11) is -4.48. The molecular formula is C26H22F3N5O3S. The Morgan fingerprint density at radius 2 is 1.61 bits per heavy atom. The number of benzene rings is 3. The lowest BCUT2D eigenvalue weighted by atomic mass is 10.0. The molecule has 1 aromatic heterocycles. The first kappa shape index (κ1) is 26.5. The molecule has 3 aromatic carbocycles. The van der Waals surface area contributed by atoms with Gasteiger partial charge in [-0.05, 0) is 54.1 Å².